The second kappa shape index (κ2) is 16.2. The molecule has 2 saturated heterocycles. The van der Waals surface area contributed by atoms with E-state index in [-0.39, 0.29) is 11.5 Å². The second-order valence-corrected chi connectivity index (χ2v) is 11.5. The summed E-state index contributed by atoms with van der Waals surface area (Å²) >= 11 is 0. The van der Waals surface area contributed by atoms with E-state index in [0.29, 0.717) is 13.1 Å². The van der Waals surface area contributed by atoms with E-state index in [1.54, 1.807) is 0 Å². The van der Waals surface area contributed by atoms with Gasteiger partial charge in [0.25, 0.3) is 5.91 Å². The highest BCUT2D eigenvalue weighted by molar-refractivity contribution is 5.81. The van der Waals surface area contributed by atoms with Gasteiger partial charge in [-0.05, 0) is 44.9 Å². The number of carbonyl (C=O) groups excluding carboxylic acids is 1. The molecule has 46 heavy (non-hydrogen) atoms. The number of carbonyl (C=O) groups is 3. The molecule has 0 radical (unpaired) electrons. The third kappa shape index (κ3) is 12.6. The molecule has 1 amide bonds. The van der Waals surface area contributed by atoms with Crippen LogP contribution in [-0.4, -0.2) is 107 Å². The number of morpholine rings is 1. The van der Waals surface area contributed by atoms with Crippen molar-refractivity contribution >= 4 is 17.8 Å². The Morgan fingerprint density at radius 2 is 1.37 bits per heavy atom. The molecule has 15 heteroatoms. The molecule has 0 aliphatic carbocycles. The maximum Gasteiger partial charge on any atom is 0.490 e. The average Bonchev–Trinajstić information content (AvgIpc) is 2.93. The Balaban J connectivity index is 0.000000440. The van der Waals surface area contributed by atoms with Crippen LogP contribution in [0.2, 0.25) is 0 Å². The van der Waals surface area contributed by atoms with E-state index in [9.17, 15) is 31.1 Å². The van der Waals surface area contributed by atoms with E-state index in [1.165, 1.54) is 16.7 Å². The van der Waals surface area contributed by atoms with Gasteiger partial charge in [0.1, 0.15) is 6.10 Å². The van der Waals surface area contributed by atoms with Gasteiger partial charge in [0, 0.05) is 46.3 Å². The third-order valence-corrected chi connectivity index (χ3v) is 7.28. The highest BCUT2D eigenvalue weighted by Crippen LogP contribution is 2.33. The first-order valence-corrected chi connectivity index (χ1v) is 14.3. The first kappa shape index (κ1) is 38.5. The van der Waals surface area contributed by atoms with Crippen LogP contribution in [0, 0.1) is 13.8 Å². The largest absolute Gasteiger partial charge is 0.490 e. The highest BCUT2D eigenvalue weighted by Gasteiger charge is 2.44. The summed E-state index contributed by atoms with van der Waals surface area (Å²) in [6, 6.07) is 17.0. The molecule has 2 aliphatic rings. The van der Waals surface area contributed by atoms with Crippen LogP contribution in [0.1, 0.15) is 35.1 Å². The Kier molecular flexibility index (Phi) is 13.6. The summed E-state index contributed by atoms with van der Waals surface area (Å²) in [4.78, 5) is 37.6. The Bertz CT molecular complexity index is 1270. The predicted octanol–water partition coefficient (Wildman–Crippen LogP) is 4.89. The lowest BCUT2D eigenvalue weighted by molar-refractivity contribution is -0.193. The SMILES string of the molecule is Cc1cc(C)cc(CN2CCC3(CC2)CN(C)CC(C(=O)N(C)Cc2ccccc2)O3)c1.O=C(O)C(F)(F)F.O=C(O)C(F)(F)F. The monoisotopic (exact) mass is 663 g/mol. The van der Waals surface area contributed by atoms with Crippen LogP contribution >= 0.6 is 0 Å². The van der Waals surface area contributed by atoms with E-state index in [2.05, 4.69) is 61.0 Å². The normalized spacial score (nSPS) is 18.4. The van der Waals surface area contributed by atoms with Crippen LogP contribution in [0.3, 0.4) is 0 Å². The minimum absolute atomic E-state index is 0.0810. The van der Waals surface area contributed by atoms with Crippen LogP contribution < -0.4 is 0 Å². The topological polar surface area (TPSA) is 111 Å². The van der Waals surface area contributed by atoms with Crippen molar-refractivity contribution in [1.82, 2.24) is 14.7 Å². The molecule has 4 rings (SSSR count). The second-order valence-electron chi connectivity index (χ2n) is 11.5. The maximum atomic E-state index is 13.2. The summed E-state index contributed by atoms with van der Waals surface area (Å²) in [7, 11) is 4.00. The Hall–Kier alpha value is -3.69. The van der Waals surface area contributed by atoms with Gasteiger partial charge in [-0.1, -0.05) is 59.7 Å². The molecule has 256 valence electrons. The summed E-state index contributed by atoms with van der Waals surface area (Å²) in [6.45, 7) is 9.49. The fourth-order valence-corrected chi connectivity index (χ4v) is 5.34. The van der Waals surface area contributed by atoms with Crippen LogP contribution in [0.25, 0.3) is 0 Å². The molecule has 1 atom stereocenters. The average molecular weight is 664 g/mol. The number of carboxylic acid groups (broad SMARTS) is 2. The summed E-state index contributed by atoms with van der Waals surface area (Å²) in [5.41, 5.74) is 4.95. The van der Waals surface area contributed by atoms with Gasteiger partial charge in [-0.2, -0.15) is 26.3 Å². The number of nitrogens with zero attached hydrogens (tertiary/aromatic N) is 3. The van der Waals surface area contributed by atoms with Crippen molar-refractivity contribution < 1.29 is 55.7 Å². The lowest BCUT2D eigenvalue weighted by atomic mass is 9.88. The molecular weight excluding hydrogens is 624 g/mol. The first-order valence-electron chi connectivity index (χ1n) is 14.3. The number of amides is 1. The summed E-state index contributed by atoms with van der Waals surface area (Å²) in [5, 5.41) is 14.2. The number of rotatable bonds is 5. The number of aryl methyl sites for hydroxylation is 2. The lowest BCUT2D eigenvalue weighted by Gasteiger charge is -2.49. The van der Waals surface area contributed by atoms with Gasteiger partial charge in [0.15, 0.2) is 0 Å². The minimum atomic E-state index is -5.08. The van der Waals surface area contributed by atoms with Crippen molar-refractivity contribution in [1.29, 1.82) is 0 Å². The zero-order valence-corrected chi connectivity index (χ0v) is 26.0. The van der Waals surface area contributed by atoms with Crippen molar-refractivity contribution in [3.63, 3.8) is 0 Å². The molecule has 2 aliphatic heterocycles. The van der Waals surface area contributed by atoms with E-state index in [4.69, 9.17) is 24.5 Å². The van der Waals surface area contributed by atoms with Crippen molar-refractivity contribution in [3.05, 3.63) is 70.8 Å². The third-order valence-electron chi connectivity index (χ3n) is 7.28. The number of carboxylic acids is 2. The number of aliphatic carboxylic acids is 2. The number of likely N-dealkylation sites (N-methyl/N-ethyl adjacent to an activating group) is 2. The van der Waals surface area contributed by atoms with Gasteiger partial charge in [0.05, 0.1) is 5.60 Å². The number of hydrogen-bond donors (Lipinski definition) is 2. The fraction of sp³-hybridized carbons (Fsp3) is 0.516. The Morgan fingerprint density at radius 3 is 1.83 bits per heavy atom. The zero-order chi connectivity index (χ0) is 34.9. The van der Waals surface area contributed by atoms with Crippen LogP contribution in [0.15, 0.2) is 48.5 Å². The Morgan fingerprint density at radius 1 is 0.891 bits per heavy atom. The molecule has 0 saturated carbocycles. The lowest BCUT2D eigenvalue weighted by Crippen LogP contribution is -2.61. The van der Waals surface area contributed by atoms with Crippen LogP contribution in [-0.2, 0) is 32.2 Å². The van der Waals surface area contributed by atoms with Crippen molar-refractivity contribution in [3.8, 4) is 0 Å². The fourth-order valence-electron chi connectivity index (χ4n) is 5.34. The van der Waals surface area contributed by atoms with Gasteiger partial charge in [0.2, 0.25) is 0 Å². The van der Waals surface area contributed by atoms with Gasteiger partial charge in [-0.3, -0.25) is 9.69 Å². The summed E-state index contributed by atoms with van der Waals surface area (Å²) < 4.78 is 70.1. The number of benzene rings is 2. The molecule has 2 aromatic carbocycles. The van der Waals surface area contributed by atoms with Gasteiger partial charge in [-0.25, -0.2) is 9.59 Å². The molecule has 2 heterocycles. The van der Waals surface area contributed by atoms with Crippen LogP contribution in [0.4, 0.5) is 26.3 Å². The molecule has 2 aromatic rings. The van der Waals surface area contributed by atoms with Crippen molar-refractivity contribution in [2.45, 2.75) is 63.8 Å². The van der Waals surface area contributed by atoms with Gasteiger partial charge >= 0.3 is 24.3 Å². The summed E-state index contributed by atoms with van der Waals surface area (Å²) in [5.74, 6) is -5.43. The molecule has 1 spiro atoms. The van der Waals surface area contributed by atoms with E-state index in [1.807, 2.05) is 30.1 Å². The number of piperidine rings is 1. The number of hydrogen-bond acceptors (Lipinski definition) is 6. The molecule has 0 aromatic heterocycles. The van der Waals surface area contributed by atoms with Crippen molar-refractivity contribution in [2.24, 2.45) is 0 Å². The predicted molar refractivity (Wildman–Crippen MR) is 156 cm³/mol. The molecular formula is C31H39F6N3O6. The molecule has 2 fully saturated rings. The molecule has 0 bridgehead atoms. The summed E-state index contributed by atoms with van der Waals surface area (Å²) in [6.07, 6.45) is -8.63. The minimum Gasteiger partial charge on any atom is -0.475 e. The van der Waals surface area contributed by atoms with Gasteiger partial charge in [-0.15, -0.1) is 0 Å². The number of alkyl halides is 6. The number of ether oxygens (including phenoxy) is 1. The molecule has 9 nitrogen and oxygen atoms in total. The first-order chi connectivity index (χ1) is 21.2. The Labute approximate surface area is 263 Å². The van der Waals surface area contributed by atoms with E-state index < -0.39 is 30.4 Å². The number of halogens is 6. The molecule has 2 N–H and O–H groups in total. The maximum absolute atomic E-state index is 13.2. The van der Waals surface area contributed by atoms with Gasteiger partial charge < -0.3 is 24.7 Å². The molecule has 1 unspecified atom stereocenters. The van der Waals surface area contributed by atoms with E-state index in [0.717, 1.165) is 44.6 Å². The van der Waals surface area contributed by atoms with E-state index >= 15 is 0 Å². The standard InChI is InChI=1S/C27H37N3O2.2C2HF3O2/c1-21-14-22(2)16-24(15-21)18-30-12-10-27(11-13-30)20-28(3)19-25(32-27)26(31)29(4)17-23-8-6-5-7-9-23;2*3-2(4,5)1(6)7/h5-9,14-16,25H,10-13,17-20H2,1-4H3;2*(H,6,7). The smallest absolute Gasteiger partial charge is 0.475 e. The number of likely N-dealkylation sites (tertiary alicyclic amines) is 1. The quantitative estimate of drug-likeness (QED) is 0.436. The van der Waals surface area contributed by atoms with Crippen LogP contribution in [0.5, 0.6) is 0 Å². The zero-order valence-electron chi connectivity index (χ0n) is 26.0. The highest BCUT2D eigenvalue weighted by atomic mass is 19.4. The van der Waals surface area contributed by atoms with Crippen molar-refractivity contribution in [2.75, 3.05) is 40.3 Å².